The molecule has 0 bridgehead atoms. The molecule has 0 fully saturated rings. The molecule has 0 aliphatic rings. The minimum Gasteiger partial charge on any atom is -0.480 e. The third-order valence-corrected chi connectivity index (χ3v) is 5.45. The number of nitrogens with two attached hydrogens (primary N) is 2. The van der Waals surface area contributed by atoms with Gasteiger partial charge >= 0.3 is 5.97 Å². The Morgan fingerprint density at radius 2 is 1.56 bits per heavy atom. The van der Waals surface area contributed by atoms with Gasteiger partial charge in [-0.05, 0) is 5.56 Å². The Kier molecular flexibility index (Phi) is 10.9. The standard InChI is InChI=1S/C22H29N7O6S/c23-14(8-18(24)30)19(31)29-17(10-36)21(33)27-15(7-13-9-25-11-26-13)20(32)28-16(22(34)35)6-12-4-2-1-3-5-12/h1-5,9,11,14-17,36H,6-8,10,23H2,(H2,24,30)(H,25,26)(H,27,33)(H,28,32)(H,29,31)(H,34,35). The summed E-state index contributed by atoms with van der Waals surface area (Å²) in [7, 11) is 0. The van der Waals surface area contributed by atoms with Crippen molar-refractivity contribution in [2.24, 2.45) is 11.5 Å². The number of carboxylic acids is 1. The lowest BCUT2D eigenvalue weighted by molar-refractivity contribution is -0.142. The molecule has 1 heterocycles. The van der Waals surface area contributed by atoms with E-state index in [-0.39, 0.29) is 18.6 Å². The molecule has 0 saturated heterocycles. The van der Waals surface area contributed by atoms with Gasteiger partial charge < -0.3 is 37.5 Å². The van der Waals surface area contributed by atoms with Crippen LogP contribution in [0.1, 0.15) is 17.7 Å². The Morgan fingerprint density at radius 1 is 0.944 bits per heavy atom. The Balaban J connectivity index is 2.14. The van der Waals surface area contributed by atoms with Gasteiger partial charge in [-0.2, -0.15) is 12.6 Å². The summed E-state index contributed by atoms with van der Waals surface area (Å²) in [5.74, 6) is -4.50. The number of carbonyl (C=O) groups is 5. The molecular formula is C22H29N7O6S. The summed E-state index contributed by atoms with van der Waals surface area (Å²) < 4.78 is 0. The van der Waals surface area contributed by atoms with Crippen molar-refractivity contribution in [3.8, 4) is 0 Å². The van der Waals surface area contributed by atoms with Gasteiger partial charge in [0.05, 0.1) is 18.8 Å². The van der Waals surface area contributed by atoms with Crippen LogP contribution in [0.25, 0.3) is 0 Å². The maximum Gasteiger partial charge on any atom is 0.326 e. The highest BCUT2D eigenvalue weighted by Gasteiger charge is 2.30. The molecule has 0 spiro atoms. The predicted molar refractivity (Wildman–Crippen MR) is 132 cm³/mol. The number of aromatic amines is 1. The van der Waals surface area contributed by atoms with Gasteiger partial charge in [-0.25, -0.2) is 9.78 Å². The highest BCUT2D eigenvalue weighted by molar-refractivity contribution is 7.80. The molecule has 194 valence electrons. The number of aromatic nitrogens is 2. The van der Waals surface area contributed by atoms with Crippen LogP contribution in [0.3, 0.4) is 0 Å². The Bertz CT molecular complexity index is 1050. The van der Waals surface area contributed by atoms with Crippen molar-refractivity contribution in [3.05, 3.63) is 54.1 Å². The van der Waals surface area contributed by atoms with Crippen LogP contribution in [0.2, 0.25) is 0 Å². The maximum absolute atomic E-state index is 13.1. The molecule has 4 amide bonds. The number of primary amides is 1. The molecule has 0 radical (unpaired) electrons. The molecule has 0 aliphatic heterocycles. The van der Waals surface area contributed by atoms with E-state index in [1.54, 1.807) is 30.3 Å². The van der Waals surface area contributed by atoms with Gasteiger partial charge in [0.1, 0.15) is 18.1 Å². The van der Waals surface area contributed by atoms with E-state index >= 15 is 0 Å². The molecule has 4 atom stereocenters. The van der Waals surface area contributed by atoms with Gasteiger partial charge in [-0.3, -0.25) is 19.2 Å². The molecule has 0 saturated carbocycles. The van der Waals surface area contributed by atoms with Crippen LogP contribution in [0.15, 0.2) is 42.9 Å². The quantitative estimate of drug-likeness (QED) is 0.128. The van der Waals surface area contributed by atoms with Gasteiger partial charge in [0.25, 0.3) is 0 Å². The van der Waals surface area contributed by atoms with Crippen molar-refractivity contribution in [1.82, 2.24) is 25.9 Å². The second-order valence-corrected chi connectivity index (χ2v) is 8.32. The minimum absolute atomic E-state index is 0.0275. The number of nitrogens with zero attached hydrogens (tertiary/aromatic N) is 1. The van der Waals surface area contributed by atoms with E-state index in [0.29, 0.717) is 11.3 Å². The zero-order chi connectivity index (χ0) is 26.7. The number of nitrogens with one attached hydrogen (secondary N) is 4. The first-order valence-corrected chi connectivity index (χ1v) is 11.5. The van der Waals surface area contributed by atoms with Crippen molar-refractivity contribution in [3.63, 3.8) is 0 Å². The van der Waals surface area contributed by atoms with Crippen LogP contribution in [-0.4, -0.2) is 74.6 Å². The predicted octanol–water partition coefficient (Wildman–Crippen LogP) is -2.13. The number of thiol groups is 1. The van der Waals surface area contributed by atoms with E-state index in [9.17, 15) is 29.1 Å². The molecule has 13 nitrogen and oxygen atoms in total. The third kappa shape index (κ3) is 9.03. The van der Waals surface area contributed by atoms with Gasteiger partial charge in [0.15, 0.2) is 0 Å². The number of imidazole rings is 1. The van der Waals surface area contributed by atoms with Gasteiger partial charge in [-0.1, -0.05) is 30.3 Å². The summed E-state index contributed by atoms with van der Waals surface area (Å²) in [5.41, 5.74) is 11.8. The first kappa shape index (κ1) is 28.3. The van der Waals surface area contributed by atoms with Crippen molar-refractivity contribution < 1.29 is 29.1 Å². The van der Waals surface area contributed by atoms with Crippen LogP contribution in [0, 0.1) is 0 Å². The lowest BCUT2D eigenvalue weighted by Gasteiger charge is -2.24. The van der Waals surface area contributed by atoms with E-state index in [0.717, 1.165) is 0 Å². The van der Waals surface area contributed by atoms with Crippen LogP contribution < -0.4 is 27.4 Å². The Labute approximate surface area is 212 Å². The molecule has 14 heteroatoms. The van der Waals surface area contributed by atoms with Crippen LogP contribution >= 0.6 is 12.6 Å². The van der Waals surface area contributed by atoms with Crippen molar-refractivity contribution in [2.75, 3.05) is 5.75 Å². The first-order chi connectivity index (χ1) is 17.1. The molecule has 2 aromatic rings. The summed E-state index contributed by atoms with van der Waals surface area (Å²) in [5, 5.41) is 16.9. The number of H-pyrrole nitrogens is 1. The smallest absolute Gasteiger partial charge is 0.326 e. The van der Waals surface area contributed by atoms with E-state index in [1.165, 1.54) is 12.5 Å². The van der Waals surface area contributed by atoms with Crippen molar-refractivity contribution in [1.29, 1.82) is 0 Å². The van der Waals surface area contributed by atoms with Gasteiger partial charge in [-0.15, -0.1) is 0 Å². The maximum atomic E-state index is 13.1. The fourth-order valence-electron chi connectivity index (χ4n) is 3.20. The number of rotatable bonds is 14. The van der Waals surface area contributed by atoms with Crippen molar-refractivity contribution >= 4 is 42.2 Å². The van der Waals surface area contributed by atoms with Crippen LogP contribution in [-0.2, 0) is 36.8 Å². The average molecular weight is 520 g/mol. The zero-order valence-corrected chi connectivity index (χ0v) is 20.1. The minimum atomic E-state index is -1.27. The van der Waals surface area contributed by atoms with E-state index in [2.05, 4.69) is 38.5 Å². The Hall–Kier alpha value is -3.91. The molecule has 4 unspecified atom stereocenters. The summed E-state index contributed by atoms with van der Waals surface area (Å²) in [6.07, 6.45) is 2.41. The lowest BCUT2D eigenvalue weighted by Crippen LogP contribution is -2.58. The molecule has 9 N–H and O–H groups in total. The number of carbonyl (C=O) groups excluding carboxylic acids is 4. The van der Waals surface area contributed by atoms with E-state index in [4.69, 9.17) is 11.5 Å². The fourth-order valence-corrected chi connectivity index (χ4v) is 3.46. The van der Waals surface area contributed by atoms with E-state index in [1.807, 2.05) is 0 Å². The highest BCUT2D eigenvalue weighted by atomic mass is 32.1. The second-order valence-electron chi connectivity index (χ2n) is 7.95. The van der Waals surface area contributed by atoms with Gasteiger partial charge in [0.2, 0.25) is 23.6 Å². The summed E-state index contributed by atoms with van der Waals surface area (Å²) in [6, 6.07) is 3.81. The van der Waals surface area contributed by atoms with Crippen molar-refractivity contribution in [2.45, 2.75) is 43.4 Å². The molecule has 1 aromatic heterocycles. The summed E-state index contributed by atoms with van der Waals surface area (Å²) in [4.78, 5) is 67.6. The molecule has 0 aliphatic carbocycles. The number of aliphatic carboxylic acids is 1. The second kappa shape index (κ2) is 13.8. The number of hydrogen-bond acceptors (Lipinski definition) is 8. The lowest BCUT2D eigenvalue weighted by atomic mass is 10.0. The number of hydrogen-bond donors (Lipinski definition) is 8. The molecule has 2 rings (SSSR count). The SMILES string of the molecule is NC(=O)CC(N)C(=O)NC(CS)C(=O)NC(Cc1cnc[nH]1)C(=O)NC(Cc1ccccc1)C(=O)O. The topological polar surface area (TPSA) is 222 Å². The van der Waals surface area contributed by atoms with Gasteiger partial charge in [0, 0.05) is 30.5 Å². The van der Waals surface area contributed by atoms with Crippen LogP contribution in [0.5, 0.6) is 0 Å². The monoisotopic (exact) mass is 519 g/mol. The number of carboxylic acid groups (broad SMARTS) is 1. The number of benzene rings is 1. The first-order valence-electron chi connectivity index (χ1n) is 10.9. The average Bonchev–Trinajstić information content (AvgIpc) is 3.34. The van der Waals surface area contributed by atoms with Crippen LogP contribution in [0.4, 0.5) is 0 Å². The van der Waals surface area contributed by atoms with E-state index < -0.39 is 60.2 Å². The summed E-state index contributed by atoms with van der Waals surface area (Å²) >= 11 is 4.07. The normalized spacial score (nSPS) is 14.1. The third-order valence-electron chi connectivity index (χ3n) is 5.08. The molecule has 36 heavy (non-hydrogen) atoms. The number of amides is 4. The Morgan fingerprint density at radius 3 is 2.11 bits per heavy atom. The zero-order valence-electron chi connectivity index (χ0n) is 19.2. The fraction of sp³-hybridized carbons (Fsp3) is 0.364. The molecule has 1 aromatic carbocycles. The molecular weight excluding hydrogens is 490 g/mol. The summed E-state index contributed by atoms with van der Waals surface area (Å²) in [6.45, 7) is 0. The highest BCUT2D eigenvalue weighted by Crippen LogP contribution is 2.06. The largest absolute Gasteiger partial charge is 0.480 e.